The molecule has 0 heteroatoms. The van der Waals surface area contributed by atoms with Crippen molar-refractivity contribution in [2.75, 3.05) is 0 Å². The molecule has 12 heavy (non-hydrogen) atoms. The first-order valence-electron chi connectivity index (χ1n) is 4.56. The van der Waals surface area contributed by atoms with Crippen molar-refractivity contribution in [3.05, 3.63) is 0 Å². The molecule has 0 radical (unpaired) electrons. The molecule has 0 saturated heterocycles. The molecular weight excluding hydrogens is 144 g/mol. The van der Waals surface area contributed by atoms with Gasteiger partial charge in [-0.15, -0.1) is 0 Å². The molecule has 0 amide bonds. The highest BCUT2D eigenvalue weighted by Crippen LogP contribution is 2.16. The summed E-state index contributed by atoms with van der Waals surface area (Å²) in [7, 11) is 0. The van der Waals surface area contributed by atoms with Gasteiger partial charge in [0.25, 0.3) is 0 Å². The zero-order chi connectivity index (χ0) is 9.71. The fourth-order valence-electron chi connectivity index (χ4n) is 0. The maximum absolute atomic E-state index is 2.24. The Morgan fingerprint density at radius 1 is 0.750 bits per heavy atom. The largest absolute Gasteiger partial charge is 0.0776 e. The summed E-state index contributed by atoms with van der Waals surface area (Å²) in [6, 6.07) is 0. The molecule has 0 atom stereocenters. The van der Waals surface area contributed by atoms with Crippen molar-refractivity contribution in [2.45, 2.75) is 69.2 Å². The molecule has 0 N–H and O–H groups in total. The topological polar surface area (TPSA) is 0 Å². The molecule has 0 rings (SSSR count). The summed E-state index contributed by atoms with van der Waals surface area (Å²) in [4.78, 5) is 0. The zero-order valence-corrected chi connectivity index (χ0v) is 9.71. The zero-order valence-electron chi connectivity index (χ0n) is 9.71. The Hall–Kier alpha value is 0. The van der Waals surface area contributed by atoms with Crippen molar-refractivity contribution in [1.82, 2.24) is 0 Å². The van der Waals surface area contributed by atoms with Gasteiger partial charge < -0.3 is 0 Å². The van der Waals surface area contributed by atoms with E-state index in [0.29, 0.717) is 10.8 Å². The average molecular weight is 174 g/mol. The van der Waals surface area contributed by atoms with Crippen LogP contribution in [0.4, 0.5) is 0 Å². The van der Waals surface area contributed by atoms with Crippen LogP contribution in [0.5, 0.6) is 0 Å². The lowest BCUT2D eigenvalue weighted by molar-refractivity contribution is 0.398. The molecule has 0 heterocycles. The summed E-state index contributed by atoms with van der Waals surface area (Å²) in [6.45, 7) is 17.7. The molecule has 0 aromatic carbocycles. The third-order valence-corrected chi connectivity index (χ3v) is 1.06. The van der Waals surface area contributed by atoms with Gasteiger partial charge in [-0.3, -0.25) is 0 Å². The summed E-state index contributed by atoms with van der Waals surface area (Å²) < 4.78 is 0. The highest BCUT2D eigenvalue weighted by atomic mass is 14.1. The van der Waals surface area contributed by atoms with Gasteiger partial charge in [0.1, 0.15) is 0 Å². The van der Waals surface area contributed by atoms with Crippen LogP contribution < -0.4 is 0 Å². The van der Waals surface area contributed by atoms with Crippen LogP contribution in [0.1, 0.15) is 69.2 Å². The van der Waals surface area contributed by atoms with E-state index in [-0.39, 0.29) is 7.43 Å². The molecule has 0 fully saturated rings. The molecule has 78 valence electrons. The molecule has 0 aliphatic carbocycles. The lowest BCUT2D eigenvalue weighted by Crippen LogP contribution is -2.00. The molecule has 0 aliphatic heterocycles. The minimum absolute atomic E-state index is 0. The van der Waals surface area contributed by atoms with E-state index >= 15 is 0 Å². The van der Waals surface area contributed by atoms with E-state index < -0.39 is 0 Å². The number of hydrogen-bond acceptors (Lipinski definition) is 0. The Kier molecular flexibility index (Phi) is 9.72. The first-order chi connectivity index (χ1) is 4.56. The Labute approximate surface area is 80.8 Å². The van der Waals surface area contributed by atoms with Gasteiger partial charge in [0.05, 0.1) is 0 Å². The van der Waals surface area contributed by atoms with E-state index in [1.54, 1.807) is 0 Å². The van der Waals surface area contributed by atoms with Crippen LogP contribution in [0, 0.1) is 10.8 Å². The van der Waals surface area contributed by atoms with Gasteiger partial charge in [-0.2, -0.15) is 0 Å². The predicted molar refractivity (Wildman–Crippen MR) is 61.6 cm³/mol. The van der Waals surface area contributed by atoms with Gasteiger partial charge in [-0.1, -0.05) is 69.2 Å². The fraction of sp³-hybridized carbons (Fsp3) is 1.00. The van der Waals surface area contributed by atoms with Crippen molar-refractivity contribution in [2.24, 2.45) is 10.8 Å². The number of rotatable bonds is 0. The Morgan fingerprint density at radius 2 is 0.833 bits per heavy atom. The summed E-state index contributed by atoms with van der Waals surface area (Å²) in [6.07, 6.45) is 1.27. The molecule has 0 aliphatic rings. The lowest BCUT2D eigenvalue weighted by atomic mass is 9.94. The lowest BCUT2D eigenvalue weighted by Gasteiger charge is -2.12. The fourth-order valence-corrected chi connectivity index (χ4v) is 0. The van der Waals surface area contributed by atoms with Crippen LogP contribution in [-0.4, -0.2) is 0 Å². The Morgan fingerprint density at radius 3 is 0.833 bits per heavy atom. The van der Waals surface area contributed by atoms with Crippen LogP contribution in [0.3, 0.4) is 0 Å². The summed E-state index contributed by atoms with van der Waals surface area (Å²) in [5.41, 5.74) is 1.04. The summed E-state index contributed by atoms with van der Waals surface area (Å²) in [5.74, 6) is 0. The van der Waals surface area contributed by atoms with E-state index in [1.807, 2.05) is 0 Å². The number of hydrogen-bond donors (Lipinski definition) is 0. The van der Waals surface area contributed by atoms with Gasteiger partial charge in [0.2, 0.25) is 0 Å². The van der Waals surface area contributed by atoms with Crippen LogP contribution >= 0.6 is 0 Å². The highest BCUT2D eigenvalue weighted by molar-refractivity contribution is 4.55. The van der Waals surface area contributed by atoms with Crippen molar-refractivity contribution >= 4 is 0 Å². The average Bonchev–Trinajstić information content (AvgIpc) is 1.59. The molecule has 0 saturated carbocycles. The first kappa shape index (κ1) is 17.9. The maximum Gasteiger partial charge on any atom is -0.0385 e. The third-order valence-electron chi connectivity index (χ3n) is 1.06. The second-order valence-corrected chi connectivity index (χ2v) is 5.91. The van der Waals surface area contributed by atoms with Crippen LogP contribution in [0.15, 0.2) is 0 Å². The van der Waals surface area contributed by atoms with Crippen LogP contribution in [0.2, 0.25) is 0 Å². The standard InChI is InChI=1S/C6H14.C5H12.CH4/c1-5-6(2,3)4;1-5(2,3)4;/h5H2,1-4H3;1-4H3;1H4. The van der Waals surface area contributed by atoms with Crippen molar-refractivity contribution < 1.29 is 0 Å². The Bertz CT molecular complexity index is 71.2. The van der Waals surface area contributed by atoms with E-state index in [2.05, 4.69) is 55.4 Å². The van der Waals surface area contributed by atoms with E-state index in [0.717, 1.165) is 0 Å². The molecule has 0 aromatic rings. The monoisotopic (exact) mass is 174 g/mol. The van der Waals surface area contributed by atoms with Crippen molar-refractivity contribution in [3.8, 4) is 0 Å². The summed E-state index contributed by atoms with van der Waals surface area (Å²) >= 11 is 0. The normalized spacial score (nSPS) is 11.0. The quantitative estimate of drug-likeness (QED) is 0.477. The summed E-state index contributed by atoms with van der Waals surface area (Å²) in [5, 5.41) is 0. The van der Waals surface area contributed by atoms with Crippen LogP contribution in [-0.2, 0) is 0 Å². The second kappa shape index (κ2) is 6.51. The van der Waals surface area contributed by atoms with Crippen LogP contribution in [0.25, 0.3) is 0 Å². The minimum atomic E-state index is 0. The SMILES string of the molecule is C.CC(C)(C)C.CCC(C)(C)C. The molecule has 0 bridgehead atoms. The molecule has 0 spiro atoms. The second-order valence-electron chi connectivity index (χ2n) is 5.91. The molecule has 0 nitrogen and oxygen atoms in total. The molecular formula is C12H30. The van der Waals surface area contributed by atoms with E-state index in [4.69, 9.17) is 0 Å². The smallest absolute Gasteiger partial charge is 0.0385 e. The van der Waals surface area contributed by atoms with Gasteiger partial charge in [-0.05, 0) is 10.8 Å². The van der Waals surface area contributed by atoms with E-state index in [1.165, 1.54) is 6.42 Å². The maximum atomic E-state index is 2.24. The van der Waals surface area contributed by atoms with Crippen molar-refractivity contribution in [1.29, 1.82) is 0 Å². The molecule has 0 unspecified atom stereocenters. The molecule has 0 aromatic heterocycles. The highest BCUT2D eigenvalue weighted by Gasteiger charge is 2.03. The van der Waals surface area contributed by atoms with Crippen molar-refractivity contribution in [3.63, 3.8) is 0 Å². The van der Waals surface area contributed by atoms with E-state index in [9.17, 15) is 0 Å². The van der Waals surface area contributed by atoms with Gasteiger partial charge in [0.15, 0.2) is 0 Å². The van der Waals surface area contributed by atoms with Gasteiger partial charge >= 0.3 is 0 Å². The van der Waals surface area contributed by atoms with Gasteiger partial charge in [-0.25, -0.2) is 0 Å². The predicted octanol–water partition coefficient (Wildman–Crippen LogP) is 5.13. The Balaban J connectivity index is -0.000000126. The first-order valence-corrected chi connectivity index (χ1v) is 4.56. The third kappa shape index (κ3) is 90.0. The van der Waals surface area contributed by atoms with Gasteiger partial charge in [0, 0.05) is 0 Å². The minimum Gasteiger partial charge on any atom is -0.0776 e.